The van der Waals surface area contributed by atoms with E-state index >= 15 is 0 Å². The molecule has 0 spiro atoms. The Balaban J connectivity index is 0.000000357. The van der Waals surface area contributed by atoms with Gasteiger partial charge in [-0.25, -0.2) is 0 Å². The summed E-state index contributed by atoms with van der Waals surface area (Å²) in [5.74, 6) is 0.122. The first-order valence-electron chi connectivity index (χ1n) is 19.1. The number of unbranched alkanes of at least 4 members (excludes halogenated alkanes) is 10. The molecule has 0 saturated carbocycles. The number of aldehydes is 2. The van der Waals surface area contributed by atoms with Crippen molar-refractivity contribution in [3.8, 4) is 17.7 Å². The standard InChI is InChI=1S/C32H40N2O2S4Se2.C10H6O2Se2/c1-3-5-7-9-11-13-19-33-29(35)25(39-31(33)37)21-23-15-17-27(41-23)28-18-16-24(42-28)22-26-30(36)34(32(38)40-26)20-14-12-10-8-6-4-2;11-5-7-1-3-9(13-7)10-4-2-8(6-12)14-10/h15-18,21-22H,3-14,19-20H2,1-2H3;1-6H/b25-21-,26-22-;. The first kappa shape index (κ1) is 45.7. The van der Waals surface area contributed by atoms with E-state index < -0.39 is 0 Å². The van der Waals surface area contributed by atoms with Crippen molar-refractivity contribution in [2.24, 2.45) is 0 Å². The van der Waals surface area contributed by atoms with Crippen LogP contribution in [0.25, 0.3) is 29.9 Å². The van der Waals surface area contributed by atoms with Crippen molar-refractivity contribution in [1.82, 2.24) is 9.80 Å². The van der Waals surface area contributed by atoms with E-state index in [-0.39, 0.29) is 69.8 Å². The Morgan fingerprint density at radius 3 is 1.16 bits per heavy atom. The fourth-order valence-corrected chi connectivity index (χ4v) is 17.5. The summed E-state index contributed by atoms with van der Waals surface area (Å²) in [6.45, 7) is 5.90. The van der Waals surface area contributed by atoms with Gasteiger partial charge in [-0.2, -0.15) is 0 Å². The fraction of sp³-hybridized carbons (Fsp3) is 0.381. The van der Waals surface area contributed by atoms with Crippen molar-refractivity contribution >= 4 is 151 Å². The Morgan fingerprint density at radius 2 is 0.821 bits per heavy atom. The van der Waals surface area contributed by atoms with Crippen LogP contribution in [-0.2, 0) is 9.59 Å². The van der Waals surface area contributed by atoms with Gasteiger partial charge in [-0.15, -0.1) is 0 Å². The number of carbonyl (C=O) groups excluding carboxylic acids is 4. The number of thiocarbonyl (C=S) groups is 2. The van der Waals surface area contributed by atoms with Gasteiger partial charge >= 0.3 is 364 Å². The number of thioether (sulfide) groups is 2. The van der Waals surface area contributed by atoms with E-state index in [0.717, 1.165) is 70.0 Å². The van der Waals surface area contributed by atoms with Crippen LogP contribution < -0.4 is 0 Å². The average Bonchev–Trinajstić information content (AvgIpc) is 4.06. The number of hydrogen-bond acceptors (Lipinski definition) is 8. The third kappa shape index (κ3) is 13.3. The number of amides is 2. The van der Waals surface area contributed by atoms with Crippen LogP contribution in [0.15, 0.2) is 58.3 Å². The second-order valence-corrected chi connectivity index (χ2v) is 26.0. The molecule has 0 N–H and O–H groups in total. The second kappa shape index (κ2) is 24.0. The molecule has 0 bridgehead atoms. The van der Waals surface area contributed by atoms with Crippen molar-refractivity contribution in [3.05, 3.63) is 76.1 Å². The van der Waals surface area contributed by atoms with Gasteiger partial charge in [0.15, 0.2) is 0 Å². The van der Waals surface area contributed by atoms with Crippen LogP contribution in [0.2, 0.25) is 0 Å². The molecule has 296 valence electrons. The minimum absolute atomic E-state index is 0.0609. The van der Waals surface area contributed by atoms with Gasteiger partial charge in [0.2, 0.25) is 0 Å². The summed E-state index contributed by atoms with van der Waals surface area (Å²) in [5.41, 5.74) is 0. The molecule has 0 aromatic carbocycles. The molecule has 2 amide bonds. The maximum atomic E-state index is 13.0. The predicted molar refractivity (Wildman–Crippen MR) is 249 cm³/mol. The van der Waals surface area contributed by atoms with Gasteiger partial charge in [-0.1, -0.05) is 13.8 Å². The van der Waals surface area contributed by atoms with Gasteiger partial charge in [0.25, 0.3) is 0 Å². The summed E-state index contributed by atoms with van der Waals surface area (Å²) < 4.78 is 10.7. The van der Waals surface area contributed by atoms with E-state index in [1.165, 1.54) is 102 Å². The van der Waals surface area contributed by atoms with Gasteiger partial charge < -0.3 is 0 Å². The molecule has 14 heteroatoms. The van der Waals surface area contributed by atoms with E-state index in [2.05, 4.69) is 50.3 Å². The van der Waals surface area contributed by atoms with Gasteiger partial charge in [-0.3, -0.25) is 0 Å². The molecule has 0 aliphatic carbocycles. The molecule has 0 radical (unpaired) electrons. The molecule has 0 atom stereocenters. The topological polar surface area (TPSA) is 74.8 Å². The predicted octanol–water partition coefficient (Wildman–Crippen LogP) is 9.68. The summed E-state index contributed by atoms with van der Waals surface area (Å²) in [4.78, 5) is 52.2. The molecule has 2 aliphatic rings. The summed E-state index contributed by atoms with van der Waals surface area (Å²) in [5, 5.41) is 0. The Morgan fingerprint density at radius 1 is 0.500 bits per heavy atom. The van der Waals surface area contributed by atoms with Crippen LogP contribution in [0.3, 0.4) is 0 Å². The van der Waals surface area contributed by atoms with Gasteiger partial charge in [0.05, 0.1) is 0 Å². The zero-order valence-electron chi connectivity index (χ0n) is 31.6. The van der Waals surface area contributed by atoms with Gasteiger partial charge in [-0.05, 0) is 0 Å². The Hall–Kier alpha value is -1.36. The van der Waals surface area contributed by atoms with Gasteiger partial charge in [0, 0.05) is 0 Å². The number of nitrogens with zero attached hydrogens (tertiary/aromatic N) is 2. The van der Waals surface area contributed by atoms with Crippen molar-refractivity contribution in [1.29, 1.82) is 0 Å². The van der Waals surface area contributed by atoms with E-state index in [1.807, 2.05) is 24.3 Å². The van der Waals surface area contributed by atoms with Crippen LogP contribution in [0.5, 0.6) is 0 Å². The summed E-state index contributed by atoms with van der Waals surface area (Å²) >= 11 is 14.6. The van der Waals surface area contributed by atoms with E-state index in [4.69, 9.17) is 24.4 Å². The van der Waals surface area contributed by atoms with E-state index in [9.17, 15) is 19.2 Å². The first-order chi connectivity index (χ1) is 27.2. The number of rotatable bonds is 20. The molecule has 2 fully saturated rings. The molecule has 56 heavy (non-hydrogen) atoms. The maximum absolute atomic E-state index is 13.0. The van der Waals surface area contributed by atoms with Crippen molar-refractivity contribution < 1.29 is 19.2 Å². The van der Waals surface area contributed by atoms with Crippen LogP contribution in [0.1, 0.15) is 118 Å². The SMILES string of the molecule is CCCCCCCCN1C(=O)/C(=C/c2ccc(-c3ccc(/C=C4\SC(=S)N(CCCCCCCC)C4=O)[se]3)[se]2)SC1=S.O=Cc1ccc(-c2ccc(C=O)[se]2)[se]1. The summed E-state index contributed by atoms with van der Waals surface area (Å²) in [6.07, 6.45) is 20.3. The molecular formula is C42H46N2O4S4Se4. The fourth-order valence-electron chi connectivity index (χ4n) is 5.97. The van der Waals surface area contributed by atoms with Crippen LogP contribution in [0.4, 0.5) is 0 Å². The summed E-state index contributed by atoms with van der Waals surface area (Å²) in [7, 11) is 0. The third-order valence-corrected chi connectivity index (χ3v) is 21.9. The number of hydrogen-bond donors (Lipinski definition) is 0. The molecule has 6 nitrogen and oxygen atoms in total. The average molecular weight is 1090 g/mol. The molecule has 6 heterocycles. The third-order valence-electron chi connectivity index (χ3n) is 8.99. The zero-order valence-corrected chi connectivity index (χ0v) is 41.7. The first-order valence-corrected chi connectivity index (χ1v) is 28.4. The van der Waals surface area contributed by atoms with E-state index in [0.29, 0.717) is 8.64 Å². The molecule has 4 aromatic rings. The summed E-state index contributed by atoms with van der Waals surface area (Å²) in [6, 6.07) is 16.4. The quantitative estimate of drug-likeness (QED) is 0.0285. The van der Waals surface area contributed by atoms with Crippen molar-refractivity contribution in [3.63, 3.8) is 0 Å². The molecule has 2 saturated heterocycles. The molecular weight excluding hydrogens is 1040 g/mol. The monoisotopic (exact) mass is 1090 g/mol. The Kier molecular flexibility index (Phi) is 19.6. The van der Waals surface area contributed by atoms with Crippen molar-refractivity contribution in [2.75, 3.05) is 13.1 Å². The normalized spacial score (nSPS) is 15.8. The van der Waals surface area contributed by atoms with Crippen LogP contribution in [-0.4, -0.2) is 114 Å². The van der Waals surface area contributed by atoms with Crippen molar-refractivity contribution in [2.45, 2.75) is 90.9 Å². The number of carbonyl (C=O) groups is 4. The molecule has 6 rings (SSSR count). The Bertz CT molecular complexity index is 1910. The Labute approximate surface area is 374 Å². The van der Waals surface area contributed by atoms with E-state index in [1.54, 1.807) is 9.80 Å². The molecule has 2 aliphatic heterocycles. The molecule has 4 aromatic heterocycles. The molecule has 0 unspecified atom stereocenters. The second-order valence-electron chi connectivity index (χ2n) is 13.2. The van der Waals surface area contributed by atoms with Crippen LogP contribution in [0, 0.1) is 0 Å². The van der Waals surface area contributed by atoms with Crippen LogP contribution >= 0.6 is 48.0 Å². The minimum atomic E-state index is 0.0609. The van der Waals surface area contributed by atoms with Gasteiger partial charge in [0.1, 0.15) is 0 Å². The zero-order chi connectivity index (χ0) is 39.9.